The summed E-state index contributed by atoms with van der Waals surface area (Å²) in [5.41, 5.74) is 0.573. The molecule has 1 N–H and O–H groups in total. The lowest BCUT2D eigenvalue weighted by molar-refractivity contribution is -0.325. The maximum Gasteiger partial charge on any atom is 0.522 e. The first-order valence-corrected chi connectivity index (χ1v) is 12.5. The van der Waals surface area contributed by atoms with Crippen molar-refractivity contribution in [3.63, 3.8) is 0 Å². The van der Waals surface area contributed by atoms with E-state index in [4.69, 9.17) is 25.5 Å². The highest BCUT2D eigenvalue weighted by molar-refractivity contribution is 6.29. The number of carbonyl (C=O) groups is 2. The molecule has 3 aromatic rings. The maximum absolute atomic E-state index is 13.1. The molecule has 0 unspecified atom stereocenters. The number of hydrogen-bond donors (Lipinski definition) is 1. The number of hydrogen-bond acceptors (Lipinski definition) is 10. The van der Waals surface area contributed by atoms with Crippen LogP contribution in [0.4, 0.5) is 18.0 Å². The Morgan fingerprint density at radius 1 is 1.15 bits per heavy atom. The van der Waals surface area contributed by atoms with Crippen molar-refractivity contribution in [3.8, 4) is 6.08 Å². The van der Waals surface area contributed by atoms with Crippen molar-refractivity contribution in [2.45, 2.75) is 57.7 Å². The number of likely N-dealkylation sites (tertiary alicyclic amines) is 1. The van der Waals surface area contributed by atoms with E-state index in [1.165, 1.54) is 11.1 Å². The number of benzene rings is 1. The summed E-state index contributed by atoms with van der Waals surface area (Å²) < 4.78 is 56.1. The predicted octanol–water partition coefficient (Wildman–Crippen LogP) is 4.45. The van der Waals surface area contributed by atoms with Crippen molar-refractivity contribution in [2.75, 3.05) is 19.8 Å². The van der Waals surface area contributed by atoms with Gasteiger partial charge in [0.2, 0.25) is 5.89 Å². The third kappa shape index (κ3) is 7.91. The largest absolute Gasteiger partial charge is 0.522 e. The summed E-state index contributed by atoms with van der Waals surface area (Å²) in [4.78, 5) is 35.8. The number of alkyl halides is 3. The number of piperidine rings is 1. The van der Waals surface area contributed by atoms with Gasteiger partial charge in [-0.25, -0.2) is 9.78 Å². The zero-order valence-corrected chi connectivity index (χ0v) is 22.5. The third-order valence-electron chi connectivity index (χ3n) is 5.60. The Labute approximate surface area is 231 Å². The van der Waals surface area contributed by atoms with E-state index in [2.05, 4.69) is 30.2 Å². The van der Waals surface area contributed by atoms with Gasteiger partial charge in [0.25, 0.3) is 5.91 Å². The molecule has 2 aromatic heterocycles. The van der Waals surface area contributed by atoms with Gasteiger partial charge < -0.3 is 19.2 Å². The second-order valence-electron chi connectivity index (χ2n) is 9.84. The SMILES string of the molecule is CC(C)(C)OC(=O)N1C[C@@H](NC(=O)c2ccc3nc(Cl)cnc3c2)CC[C@@H]1c1nnc(OCCOC(F)(F)F)o1. The lowest BCUT2D eigenvalue weighted by Crippen LogP contribution is -2.52. The summed E-state index contributed by atoms with van der Waals surface area (Å²) in [6.07, 6.45) is -3.70. The van der Waals surface area contributed by atoms with Crippen LogP contribution in [0, 0.1) is 0 Å². The van der Waals surface area contributed by atoms with Crippen molar-refractivity contribution >= 4 is 34.6 Å². The molecule has 1 fully saturated rings. The van der Waals surface area contributed by atoms with Gasteiger partial charge in [0.15, 0.2) is 0 Å². The fourth-order valence-corrected chi connectivity index (χ4v) is 4.11. The molecular formula is C24H26ClF3N6O6. The van der Waals surface area contributed by atoms with Crippen LogP contribution >= 0.6 is 11.6 Å². The Balaban J connectivity index is 1.44. The first-order valence-electron chi connectivity index (χ1n) is 12.2. The summed E-state index contributed by atoms with van der Waals surface area (Å²) in [7, 11) is 0. The third-order valence-corrected chi connectivity index (χ3v) is 5.78. The summed E-state index contributed by atoms with van der Waals surface area (Å²) in [6, 6.07) is 3.66. The Bertz CT molecular complexity index is 1360. The Kier molecular flexibility index (Phi) is 8.63. The fraction of sp³-hybridized carbons (Fsp3) is 0.500. The van der Waals surface area contributed by atoms with Gasteiger partial charge in [-0.15, -0.1) is 18.3 Å². The molecule has 12 nitrogen and oxygen atoms in total. The van der Waals surface area contributed by atoms with E-state index in [-0.39, 0.29) is 29.6 Å². The summed E-state index contributed by atoms with van der Waals surface area (Å²) >= 11 is 5.87. The number of ether oxygens (including phenoxy) is 3. The van der Waals surface area contributed by atoms with Gasteiger partial charge in [0, 0.05) is 18.2 Å². The monoisotopic (exact) mass is 586 g/mol. The molecule has 0 spiro atoms. The van der Waals surface area contributed by atoms with Crippen LogP contribution in [0.1, 0.15) is 55.9 Å². The van der Waals surface area contributed by atoms with Crippen LogP contribution < -0.4 is 10.1 Å². The molecule has 1 aromatic carbocycles. The van der Waals surface area contributed by atoms with Crippen molar-refractivity contribution in [1.82, 2.24) is 30.4 Å². The van der Waals surface area contributed by atoms with Gasteiger partial charge in [-0.05, 0) is 51.8 Å². The molecule has 0 aliphatic carbocycles. The number of nitrogens with one attached hydrogen (secondary N) is 1. The van der Waals surface area contributed by atoms with Crippen LogP contribution in [0.2, 0.25) is 5.15 Å². The first-order chi connectivity index (χ1) is 18.8. The predicted molar refractivity (Wildman–Crippen MR) is 133 cm³/mol. The minimum atomic E-state index is -4.79. The van der Waals surface area contributed by atoms with Gasteiger partial charge in [-0.1, -0.05) is 16.7 Å². The van der Waals surface area contributed by atoms with E-state index < -0.39 is 43.4 Å². The second-order valence-corrected chi connectivity index (χ2v) is 10.2. The topological polar surface area (TPSA) is 142 Å². The molecule has 0 saturated carbocycles. The molecule has 2 amide bonds. The standard InChI is InChI=1S/C24H26ClF3N6O6/c1-23(2,3)40-22(36)34-12-14(30-19(35)13-4-6-15-16(10-13)29-11-18(25)31-15)5-7-17(34)20-32-33-21(39-20)37-8-9-38-24(26,27)28/h4,6,10-11,14,17H,5,7-9,12H2,1-3H3,(H,30,35)/t14-,17+/m0/s1. The molecule has 1 aliphatic heterocycles. The van der Waals surface area contributed by atoms with Crippen molar-refractivity contribution in [1.29, 1.82) is 0 Å². The highest BCUT2D eigenvalue weighted by Crippen LogP contribution is 2.33. The lowest BCUT2D eigenvalue weighted by Gasteiger charge is -2.38. The zero-order chi connectivity index (χ0) is 29.1. The average molecular weight is 587 g/mol. The van der Waals surface area contributed by atoms with E-state index in [0.29, 0.717) is 29.4 Å². The Morgan fingerprint density at radius 2 is 1.93 bits per heavy atom. The molecule has 4 rings (SSSR count). The molecule has 16 heteroatoms. The molecule has 0 radical (unpaired) electrons. The molecule has 216 valence electrons. The van der Waals surface area contributed by atoms with Crippen molar-refractivity contribution in [3.05, 3.63) is 41.0 Å². The van der Waals surface area contributed by atoms with Crippen molar-refractivity contribution in [2.24, 2.45) is 0 Å². The lowest BCUT2D eigenvalue weighted by atomic mass is 9.98. The van der Waals surface area contributed by atoms with Crippen molar-refractivity contribution < 1.29 is 41.4 Å². The quantitative estimate of drug-likeness (QED) is 0.394. The summed E-state index contributed by atoms with van der Waals surface area (Å²) in [6.45, 7) is 3.94. The Morgan fingerprint density at radius 3 is 2.65 bits per heavy atom. The number of carbonyl (C=O) groups excluding carboxylic acids is 2. The van der Waals surface area contributed by atoms with Gasteiger partial charge in [0.05, 0.1) is 23.8 Å². The molecule has 1 aliphatic rings. The first kappa shape index (κ1) is 29.3. The van der Waals surface area contributed by atoms with Gasteiger partial charge in [-0.3, -0.25) is 19.4 Å². The summed E-state index contributed by atoms with van der Waals surface area (Å²) in [5.74, 6) is -0.366. The molecule has 2 atom stereocenters. The number of fused-ring (bicyclic) bond motifs is 1. The zero-order valence-electron chi connectivity index (χ0n) is 21.7. The van der Waals surface area contributed by atoms with Gasteiger partial charge in [0.1, 0.15) is 23.4 Å². The van der Waals surface area contributed by atoms with Crippen LogP contribution in [0.25, 0.3) is 11.0 Å². The second kappa shape index (κ2) is 11.8. The number of aromatic nitrogens is 4. The highest BCUT2D eigenvalue weighted by atomic mass is 35.5. The Hall–Kier alpha value is -3.72. The van der Waals surface area contributed by atoms with E-state index in [1.807, 2.05) is 0 Å². The van der Waals surface area contributed by atoms with Crippen LogP contribution in [-0.2, 0) is 9.47 Å². The molecule has 0 bridgehead atoms. The molecular weight excluding hydrogens is 561 g/mol. The van der Waals surface area contributed by atoms with E-state index in [9.17, 15) is 22.8 Å². The molecule has 40 heavy (non-hydrogen) atoms. The van der Waals surface area contributed by atoms with Gasteiger partial charge >= 0.3 is 18.5 Å². The van der Waals surface area contributed by atoms with E-state index in [1.54, 1.807) is 39.0 Å². The van der Waals surface area contributed by atoms with Crippen LogP contribution in [0.15, 0.2) is 28.8 Å². The fourth-order valence-electron chi connectivity index (χ4n) is 3.97. The van der Waals surface area contributed by atoms with E-state index in [0.717, 1.165) is 0 Å². The average Bonchev–Trinajstić information content (AvgIpc) is 3.33. The minimum absolute atomic E-state index is 0.00846. The number of rotatable bonds is 7. The number of amides is 2. The number of halogens is 4. The minimum Gasteiger partial charge on any atom is -0.447 e. The normalized spacial score (nSPS) is 18.0. The highest BCUT2D eigenvalue weighted by Gasteiger charge is 2.39. The number of nitrogens with zero attached hydrogens (tertiary/aromatic N) is 5. The van der Waals surface area contributed by atoms with Crippen LogP contribution in [0.3, 0.4) is 0 Å². The smallest absolute Gasteiger partial charge is 0.447 e. The maximum atomic E-state index is 13.1. The molecule has 1 saturated heterocycles. The summed E-state index contributed by atoms with van der Waals surface area (Å²) in [5, 5.41) is 10.7. The molecule has 3 heterocycles. The van der Waals surface area contributed by atoms with Crippen LogP contribution in [-0.4, -0.2) is 74.8 Å². The van der Waals surface area contributed by atoms with Crippen LogP contribution in [0.5, 0.6) is 6.08 Å². The van der Waals surface area contributed by atoms with Gasteiger partial charge in [-0.2, -0.15) is 0 Å². The van der Waals surface area contributed by atoms with E-state index >= 15 is 0 Å².